The summed E-state index contributed by atoms with van der Waals surface area (Å²) >= 11 is 0. The zero-order chi connectivity index (χ0) is 22.3. The number of amides is 1. The van der Waals surface area contributed by atoms with Crippen LogP contribution in [0.25, 0.3) is 0 Å². The van der Waals surface area contributed by atoms with E-state index in [1.807, 2.05) is 50.8 Å². The number of hydrogen-bond acceptors (Lipinski definition) is 4. The first-order chi connectivity index (χ1) is 14.6. The molecule has 0 radical (unpaired) electrons. The van der Waals surface area contributed by atoms with Gasteiger partial charge in [0.25, 0.3) is 0 Å². The number of benzene rings is 1. The van der Waals surface area contributed by atoms with E-state index >= 15 is 0 Å². The fourth-order valence-electron chi connectivity index (χ4n) is 4.07. The highest BCUT2D eigenvalue weighted by molar-refractivity contribution is 5.70. The molecule has 1 aromatic carbocycles. The van der Waals surface area contributed by atoms with Gasteiger partial charge in [0.1, 0.15) is 0 Å². The van der Waals surface area contributed by atoms with Crippen LogP contribution in [-0.4, -0.2) is 34.2 Å². The molecule has 0 bridgehead atoms. The van der Waals surface area contributed by atoms with E-state index in [0.717, 1.165) is 55.8 Å². The summed E-state index contributed by atoms with van der Waals surface area (Å²) in [5.41, 5.74) is 5.44. The molecule has 162 valence electrons. The van der Waals surface area contributed by atoms with Crippen molar-refractivity contribution in [3.8, 4) is 6.07 Å². The fraction of sp³-hybridized carbons (Fsp3) is 0.542. The lowest BCUT2D eigenvalue weighted by Crippen LogP contribution is -2.31. The van der Waals surface area contributed by atoms with Crippen molar-refractivity contribution in [2.24, 2.45) is 0 Å². The molecule has 0 saturated heterocycles. The van der Waals surface area contributed by atoms with E-state index in [2.05, 4.69) is 29.5 Å². The Hall–Kier alpha value is -2.81. The van der Waals surface area contributed by atoms with Gasteiger partial charge >= 0.3 is 0 Å². The molecule has 2 aliphatic heterocycles. The topological polar surface area (TPSA) is 65.2 Å². The fourth-order valence-corrected chi connectivity index (χ4v) is 4.07. The first kappa shape index (κ1) is 23.5. The molecule has 2 aliphatic rings. The van der Waals surface area contributed by atoms with Gasteiger partial charge in [0.05, 0.1) is 18.2 Å². The number of aryl methyl sites for hydroxylation is 1. The molecule has 3 heterocycles. The highest BCUT2D eigenvalue weighted by Crippen LogP contribution is 2.38. The van der Waals surface area contributed by atoms with Crippen LogP contribution in [0.5, 0.6) is 0 Å². The standard InChI is InChI=1S/C20H23N5O.2C2H6/c1-14(2)25-19-7-9-23(13-26)12-17(19)20(22-25)24-8-3-4-16-10-15(11-21)5-6-18(16)24;2*1-2/h5-6,10,13-14H,3-4,7-9,12H2,1-2H3;2*1-2H3. The van der Waals surface area contributed by atoms with E-state index in [4.69, 9.17) is 5.10 Å². The number of rotatable bonds is 3. The molecule has 0 saturated carbocycles. The van der Waals surface area contributed by atoms with Crippen LogP contribution < -0.4 is 4.90 Å². The van der Waals surface area contributed by atoms with Crippen molar-refractivity contribution in [3.05, 3.63) is 40.6 Å². The predicted molar refractivity (Wildman–Crippen MR) is 122 cm³/mol. The Balaban J connectivity index is 0.000000757. The molecule has 0 aliphatic carbocycles. The highest BCUT2D eigenvalue weighted by atomic mass is 16.1. The minimum atomic E-state index is 0.283. The molecule has 6 nitrogen and oxygen atoms in total. The van der Waals surface area contributed by atoms with E-state index < -0.39 is 0 Å². The summed E-state index contributed by atoms with van der Waals surface area (Å²) in [6.07, 6.45) is 3.79. The largest absolute Gasteiger partial charge is 0.340 e. The van der Waals surface area contributed by atoms with Gasteiger partial charge in [-0.25, -0.2) is 0 Å². The second-order valence-corrected chi connectivity index (χ2v) is 7.32. The monoisotopic (exact) mass is 409 g/mol. The summed E-state index contributed by atoms with van der Waals surface area (Å²) in [5, 5.41) is 14.1. The zero-order valence-electron chi connectivity index (χ0n) is 19.3. The zero-order valence-corrected chi connectivity index (χ0v) is 19.3. The van der Waals surface area contributed by atoms with Crippen molar-refractivity contribution in [1.82, 2.24) is 14.7 Å². The Morgan fingerprint density at radius 3 is 2.50 bits per heavy atom. The maximum absolute atomic E-state index is 11.3. The van der Waals surface area contributed by atoms with E-state index in [0.29, 0.717) is 12.1 Å². The van der Waals surface area contributed by atoms with E-state index in [-0.39, 0.29) is 6.04 Å². The number of nitriles is 1. The van der Waals surface area contributed by atoms with Gasteiger partial charge < -0.3 is 9.80 Å². The van der Waals surface area contributed by atoms with Crippen LogP contribution in [0, 0.1) is 11.3 Å². The first-order valence-corrected chi connectivity index (χ1v) is 11.2. The van der Waals surface area contributed by atoms with E-state index in [9.17, 15) is 10.1 Å². The van der Waals surface area contributed by atoms with Gasteiger partial charge in [-0.15, -0.1) is 0 Å². The molecule has 4 rings (SSSR count). The van der Waals surface area contributed by atoms with Gasteiger partial charge in [-0.2, -0.15) is 10.4 Å². The molecule has 0 unspecified atom stereocenters. The van der Waals surface area contributed by atoms with Crippen LogP contribution in [0.1, 0.15) is 76.4 Å². The number of nitrogens with zero attached hydrogens (tertiary/aromatic N) is 5. The Kier molecular flexibility index (Phi) is 8.46. The molecule has 0 atom stereocenters. The number of fused-ring (bicyclic) bond motifs is 2. The lowest BCUT2D eigenvalue weighted by Gasteiger charge is -2.32. The normalized spacial score (nSPS) is 14.5. The van der Waals surface area contributed by atoms with Crippen LogP contribution in [-0.2, 0) is 24.2 Å². The summed E-state index contributed by atoms with van der Waals surface area (Å²) in [6, 6.07) is 8.42. The summed E-state index contributed by atoms with van der Waals surface area (Å²) < 4.78 is 2.12. The molecule has 1 aromatic heterocycles. The molecular weight excluding hydrogens is 374 g/mol. The minimum absolute atomic E-state index is 0.283. The maximum Gasteiger partial charge on any atom is 0.210 e. The average Bonchev–Trinajstić information content (AvgIpc) is 3.19. The smallest absolute Gasteiger partial charge is 0.210 e. The molecule has 1 amide bonds. The van der Waals surface area contributed by atoms with Crippen molar-refractivity contribution < 1.29 is 4.79 Å². The van der Waals surface area contributed by atoms with Crippen LogP contribution in [0.3, 0.4) is 0 Å². The van der Waals surface area contributed by atoms with Gasteiger partial charge in [0.15, 0.2) is 5.82 Å². The third-order valence-electron chi connectivity index (χ3n) is 5.32. The Morgan fingerprint density at radius 2 is 1.87 bits per heavy atom. The summed E-state index contributed by atoms with van der Waals surface area (Å²) in [4.78, 5) is 15.4. The number of aromatic nitrogens is 2. The molecule has 2 aromatic rings. The van der Waals surface area contributed by atoms with Crippen molar-refractivity contribution in [2.45, 2.75) is 73.4 Å². The lowest BCUT2D eigenvalue weighted by atomic mass is 9.98. The Morgan fingerprint density at radius 1 is 1.13 bits per heavy atom. The summed E-state index contributed by atoms with van der Waals surface area (Å²) in [5.74, 6) is 0.964. The van der Waals surface area contributed by atoms with Crippen molar-refractivity contribution in [1.29, 1.82) is 5.26 Å². The van der Waals surface area contributed by atoms with Gasteiger partial charge in [-0.05, 0) is 50.5 Å². The van der Waals surface area contributed by atoms with Gasteiger partial charge in [-0.3, -0.25) is 9.48 Å². The van der Waals surface area contributed by atoms with Crippen molar-refractivity contribution >= 4 is 17.9 Å². The molecule has 0 N–H and O–H groups in total. The highest BCUT2D eigenvalue weighted by Gasteiger charge is 2.30. The van der Waals surface area contributed by atoms with Crippen molar-refractivity contribution in [3.63, 3.8) is 0 Å². The number of anilines is 2. The summed E-state index contributed by atoms with van der Waals surface area (Å²) in [7, 11) is 0. The molecule has 0 spiro atoms. The first-order valence-electron chi connectivity index (χ1n) is 11.2. The molecule has 0 fully saturated rings. The van der Waals surface area contributed by atoms with Crippen molar-refractivity contribution in [2.75, 3.05) is 18.0 Å². The average molecular weight is 410 g/mol. The second kappa shape index (κ2) is 10.8. The van der Waals surface area contributed by atoms with Crippen LogP contribution in [0.4, 0.5) is 11.5 Å². The number of carbonyl (C=O) groups is 1. The molecule has 6 heteroatoms. The van der Waals surface area contributed by atoms with Crippen LogP contribution >= 0.6 is 0 Å². The van der Waals surface area contributed by atoms with Gasteiger partial charge in [0.2, 0.25) is 6.41 Å². The summed E-state index contributed by atoms with van der Waals surface area (Å²) in [6.45, 7) is 14.6. The molecule has 30 heavy (non-hydrogen) atoms. The molecular formula is C24H35N5O. The van der Waals surface area contributed by atoms with Gasteiger partial charge in [-0.1, -0.05) is 27.7 Å². The Bertz CT molecular complexity index is 894. The predicted octanol–water partition coefficient (Wildman–Crippen LogP) is 4.99. The van der Waals surface area contributed by atoms with Crippen LogP contribution in [0.15, 0.2) is 18.2 Å². The van der Waals surface area contributed by atoms with Crippen LogP contribution in [0.2, 0.25) is 0 Å². The third-order valence-corrected chi connectivity index (χ3v) is 5.32. The third kappa shape index (κ3) is 4.51. The second-order valence-electron chi connectivity index (χ2n) is 7.32. The number of carbonyl (C=O) groups excluding carboxylic acids is 1. The lowest BCUT2D eigenvalue weighted by molar-refractivity contribution is -0.118. The van der Waals surface area contributed by atoms with Gasteiger partial charge in [0, 0.05) is 42.5 Å². The number of hydrogen-bond donors (Lipinski definition) is 0. The van der Waals surface area contributed by atoms with E-state index in [1.54, 1.807) is 0 Å². The maximum atomic E-state index is 11.3. The quantitative estimate of drug-likeness (QED) is 0.670. The van der Waals surface area contributed by atoms with E-state index in [1.165, 1.54) is 11.3 Å². The minimum Gasteiger partial charge on any atom is -0.340 e. The Labute approximate surface area is 181 Å². The SMILES string of the molecule is CC.CC.CC(C)n1nc(N2CCCc3cc(C#N)ccc32)c2c1CCN(C=O)C2.